The molecule has 0 radical (unpaired) electrons. The van der Waals surface area contributed by atoms with E-state index < -0.39 is 11.6 Å². The first kappa shape index (κ1) is 14.0. The summed E-state index contributed by atoms with van der Waals surface area (Å²) in [5, 5.41) is 0. The van der Waals surface area contributed by atoms with E-state index in [1.807, 2.05) is 4.57 Å². The summed E-state index contributed by atoms with van der Waals surface area (Å²) in [6.07, 6.45) is 8.19. The maximum Gasteiger partial charge on any atom is 0.145 e. The third kappa shape index (κ3) is 2.77. The number of benzene rings is 1. The van der Waals surface area contributed by atoms with Crippen LogP contribution in [0.15, 0.2) is 24.5 Å². The molecule has 3 nitrogen and oxygen atoms in total. The lowest BCUT2D eigenvalue weighted by molar-refractivity contribution is 0.407. The summed E-state index contributed by atoms with van der Waals surface area (Å²) < 4.78 is 35.1. The fourth-order valence-corrected chi connectivity index (χ4v) is 3.04. The van der Waals surface area contributed by atoms with E-state index in [0.717, 1.165) is 6.54 Å². The van der Waals surface area contributed by atoms with Crippen LogP contribution in [0.2, 0.25) is 0 Å². The Labute approximate surface area is 122 Å². The maximum atomic E-state index is 14.2. The normalized spacial score (nSPS) is 15.6. The Balaban J connectivity index is 1.95. The van der Waals surface area contributed by atoms with Crippen molar-refractivity contribution in [1.82, 2.24) is 9.55 Å². The number of halogens is 2. The van der Waals surface area contributed by atoms with Gasteiger partial charge in [-0.1, -0.05) is 12.8 Å². The van der Waals surface area contributed by atoms with Gasteiger partial charge in [-0.05, 0) is 18.8 Å². The monoisotopic (exact) mass is 292 g/mol. The SMILES string of the molecule is COc1cc(F)c(-c2nccn2CC2CCCC2)c(F)c1. The van der Waals surface area contributed by atoms with E-state index in [1.54, 1.807) is 12.4 Å². The molecule has 1 aliphatic carbocycles. The molecule has 21 heavy (non-hydrogen) atoms. The topological polar surface area (TPSA) is 27.1 Å². The van der Waals surface area contributed by atoms with Crippen LogP contribution < -0.4 is 4.74 Å². The molecular formula is C16H18F2N2O. The zero-order valence-corrected chi connectivity index (χ0v) is 12.0. The van der Waals surface area contributed by atoms with Crippen LogP contribution in [0.1, 0.15) is 25.7 Å². The molecule has 0 aliphatic heterocycles. The number of nitrogens with zero attached hydrogens (tertiary/aromatic N) is 2. The Bertz CT molecular complexity index is 610. The molecule has 1 aromatic carbocycles. The third-order valence-electron chi connectivity index (χ3n) is 4.12. The van der Waals surface area contributed by atoms with Crippen LogP contribution in [0, 0.1) is 17.6 Å². The van der Waals surface area contributed by atoms with Crippen molar-refractivity contribution in [1.29, 1.82) is 0 Å². The Morgan fingerprint density at radius 3 is 2.52 bits per heavy atom. The Hall–Kier alpha value is -1.91. The minimum Gasteiger partial charge on any atom is -0.497 e. The molecule has 5 heteroatoms. The van der Waals surface area contributed by atoms with Gasteiger partial charge < -0.3 is 9.30 Å². The fourth-order valence-electron chi connectivity index (χ4n) is 3.04. The molecule has 0 N–H and O–H groups in total. The van der Waals surface area contributed by atoms with Gasteiger partial charge in [0.25, 0.3) is 0 Å². The molecule has 1 fully saturated rings. The molecular weight excluding hydrogens is 274 g/mol. The average Bonchev–Trinajstić information content (AvgIpc) is 3.11. The number of ether oxygens (including phenoxy) is 1. The van der Waals surface area contributed by atoms with Crippen molar-refractivity contribution in [2.24, 2.45) is 5.92 Å². The molecule has 0 amide bonds. The standard InChI is InChI=1S/C16H18F2N2O/c1-21-12-8-13(17)15(14(18)9-12)16-19-6-7-20(16)10-11-4-2-3-5-11/h6-9,11H,2-5,10H2,1H3. The van der Waals surface area contributed by atoms with Gasteiger partial charge in [0.15, 0.2) is 0 Å². The lowest BCUT2D eigenvalue weighted by Crippen LogP contribution is -2.09. The molecule has 1 aromatic heterocycles. The van der Waals surface area contributed by atoms with Crippen LogP contribution >= 0.6 is 0 Å². The minimum absolute atomic E-state index is 0.0844. The highest BCUT2D eigenvalue weighted by atomic mass is 19.1. The predicted molar refractivity (Wildman–Crippen MR) is 76.1 cm³/mol. The van der Waals surface area contributed by atoms with Crippen molar-refractivity contribution in [3.8, 4) is 17.1 Å². The van der Waals surface area contributed by atoms with Gasteiger partial charge in [0, 0.05) is 31.1 Å². The van der Waals surface area contributed by atoms with Crippen LogP contribution in [0.4, 0.5) is 8.78 Å². The zero-order chi connectivity index (χ0) is 14.8. The van der Waals surface area contributed by atoms with Gasteiger partial charge in [-0.3, -0.25) is 0 Å². The van der Waals surface area contributed by atoms with E-state index in [9.17, 15) is 8.78 Å². The van der Waals surface area contributed by atoms with Crippen LogP contribution in [0.5, 0.6) is 5.75 Å². The van der Waals surface area contributed by atoms with E-state index in [-0.39, 0.29) is 11.3 Å². The Kier molecular flexibility index (Phi) is 3.90. The van der Waals surface area contributed by atoms with Crippen molar-refractivity contribution in [2.45, 2.75) is 32.2 Å². The first-order valence-electron chi connectivity index (χ1n) is 7.23. The van der Waals surface area contributed by atoms with Gasteiger partial charge in [-0.2, -0.15) is 0 Å². The maximum absolute atomic E-state index is 14.2. The number of hydrogen-bond donors (Lipinski definition) is 0. The summed E-state index contributed by atoms with van der Waals surface area (Å²) in [5.74, 6) is -0.207. The molecule has 2 aromatic rings. The number of imidazole rings is 1. The highest BCUT2D eigenvalue weighted by Crippen LogP contribution is 2.31. The van der Waals surface area contributed by atoms with E-state index >= 15 is 0 Å². The number of methoxy groups -OCH3 is 1. The molecule has 1 saturated carbocycles. The van der Waals surface area contributed by atoms with E-state index in [4.69, 9.17) is 4.74 Å². The van der Waals surface area contributed by atoms with Gasteiger partial charge >= 0.3 is 0 Å². The lowest BCUT2D eigenvalue weighted by atomic mass is 10.1. The van der Waals surface area contributed by atoms with Gasteiger partial charge in [0.2, 0.25) is 0 Å². The zero-order valence-electron chi connectivity index (χ0n) is 12.0. The van der Waals surface area contributed by atoms with Crippen LogP contribution in [0.3, 0.4) is 0 Å². The first-order valence-corrected chi connectivity index (χ1v) is 7.23. The summed E-state index contributed by atoms with van der Waals surface area (Å²) in [5.41, 5.74) is -0.0844. The summed E-state index contributed by atoms with van der Waals surface area (Å²) in [6.45, 7) is 0.764. The first-order chi connectivity index (χ1) is 10.2. The smallest absolute Gasteiger partial charge is 0.145 e. The predicted octanol–water partition coefficient (Wildman–Crippen LogP) is 4.03. The molecule has 0 saturated heterocycles. The minimum atomic E-state index is -0.647. The second-order valence-electron chi connectivity index (χ2n) is 5.52. The number of hydrogen-bond acceptors (Lipinski definition) is 2. The summed E-state index contributed by atoms with van der Waals surface area (Å²) in [6, 6.07) is 2.38. The van der Waals surface area contributed by atoms with Crippen LogP contribution in [0.25, 0.3) is 11.4 Å². The van der Waals surface area contributed by atoms with Crippen LogP contribution in [-0.4, -0.2) is 16.7 Å². The average molecular weight is 292 g/mol. The van der Waals surface area contributed by atoms with Crippen molar-refractivity contribution in [2.75, 3.05) is 7.11 Å². The molecule has 3 rings (SSSR count). The molecule has 0 spiro atoms. The van der Waals surface area contributed by atoms with Gasteiger partial charge in [-0.15, -0.1) is 0 Å². The largest absolute Gasteiger partial charge is 0.497 e. The van der Waals surface area contributed by atoms with Crippen LogP contribution in [-0.2, 0) is 6.54 Å². The van der Waals surface area contributed by atoms with Crippen molar-refractivity contribution < 1.29 is 13.5 Å². The molecule has 0 unspecified atom stereocenters. The molecule has 1 heterocycles. The van der Waals surface area contributed by atoms with Gasteiger partial charge in [0.05, 0.1) is 12.7 Å². The van der Waals surface area contributed by atoms with E-state index in [2.05, 4.69) is 4.98 Å². The highest BCUT2D eigenvalue weighted by molar-refractivity contribution is 5.59. The summed E-state index contributed by atoms with van der Waals surface area (Å²) in [4.78, 5) is 4.15. The van der Waals surface area contributed by atoms with Crippen molar-refractivity contribution in [3.05, 3.63) is 36.2 Å². The number of rotatable bonds is 4. The lowest BCUT2D eigenvalue weighted by Gasteiger charge is -2.14. The Morgan fingerprint density at radius 1 is 1.24 bits per heavy atom. The van der Waals surface area contributed by atoms with E-state index in [1.165, 1.54) is 44.9 Å². The second kappa shape index (κ2) is 5.84. The fraction of sp³-hybridized carbons (Fsp3) is 0.438. The van der Waals surface area contributed by atoms with Crippen molar-refractivity contribution in [3.63, 3.8) is 0 Å². The van der Waals surface area contributed by atoms with Gasteiger partial charge in [0.1, 0.15) is 23.2 Å². The molecule has 1 aliphatic rings. The van der Waals surface area contributed by atoms with Gasteiger partial charge in [-0.25, -0.2) is 13.8 Å². The highest BCUT2D eigenvalue weighted by Gasteiger charge is 2.21. The van der Waals surface area contributed by atoms with Crippen molar-refractivity contribution >= 4 is 0 Å². The quantitative estimate of drug-likeness (QED) is 0.850. The summed E-state index contributed by atoms with van der Waals surface area (Å²) in [7, 11) is 1.38. The molecule has 112 valence electrons. The molecule has 0 bridgehead atoms. The molecule has 0 atom stereocenters. The summed E-state index contributed by atoms with van der Waals surface area (Å²) >= 11 is 0. The second-order valence-corrected chi connectivity index (χ2v) is 5.52. The third-order valence-corrected chi connectivity index (χ3v) is 4.12. The number of aromatic nitrogens is 2. The Morgan fingerprint density at radius 2 is 1.90 bits per heavy atom. The van der Waals surface area contributed by atoms with E-state index in [0.29, 0.717) is 11.7 Å².